The van der Waals surface area contributed by atoms with Crippen LogP contribution in [0.2, 0.25) is 0 Å². The molecule has 2 rings (SSSR count). The van der Waals surface area contributed by atoms with Crippen molar-refractivity contribution >= 4 is 33.7 Å². The van der Waals surface area contributed by atoms with Gasteiger partial charge in [-0.05, 0) is 46.8 Å². The van der Waals surface area contributed by atoms with E-state index < -0.39 is 5.97 Å². The first-order valence-electron chi connectivity index (χ1n) is 4.82. The zero-order chi connectivity index (χ0) is 10.8. The van der Waals surface area contributed by atoms with E-state index in [0.717, 1.165) is 22.2 Å². The molecule has 1 atom stereocenters. The molecular weight excluding hydrogens is 276 g/mol. The summed E-state index contributed by atoms with van der Waals surface area (Å²) in [5.74, 6) is -0.335. The second-order valence-corrected chi connectivity index (χ2v) is 5.68. The number of carboxylic acids is 1. The van der Waals surface area contributed by atoms with E-state index in [9.17, 15) is 4.79 Å². The summed E-state index contributed by atoms with van der Waals surface area (Å²) in [5.41, 5.74) is 0. The van der Waals surface area contributed by atoms with Crippen LogP contribution in [0.1, 0.15) is 12.8 Å². The van der Waals surface area contributed by atoms with E-state index in [2.05, 4.69) is 15.9 Å². The lowest BCUT2D eigenvalue weighted by molar-refractivity contribution is -0.136. The summed E-state index contributed by atoms with van der Waals surface area (Å²) in [6.45, 7) is 0. The molecule has 0 spiro atoms. The summed E-state index contributed by atoms with van der Waals surface area (Å²) in [4.78, 5) is 12.1. The lowest BCUT2D eigenvalue weighted by Crippen LogP contribution is -2.18. The van der Waals surface area contributed by atoms with Crippen molar-refractivity contribution in [3.05, 3.63) is 28.7 Å². The fourth-order valence-electron chi connectivity index (χ4n) is 1.42. The fraction of sp³-hybridized carbons (Fsp3) is 0.364. The quantitative estimate of drug-likeness (QED) is 0.862. The van der Waals surface area contributed by atoms with Gasteiger partial charge in [0.15, 0.2) is 0 Å². The lowest BCUT2D eigenvalue weighted by Gasteiger charge is -2.11. The molecule has 0 radical (unpaired) electrons. The Morgan fingerprint density at radius 3 is 2.67 bits per heavy atom. The summed E-state index contributed by atoms with van der Waals surface area (Å²) >= 11 is 4.88. The molecule has 0 saturated heterocycles. The van der Waals surface area contributed by atoms with Gasteiger partial charge in [0.05, 0.1) is 0 Å². The SMILES string of the molecule is O=C(O)C(Sc1ccccc1Br)C1CC1. The van der Waals surface area contributed by atoms with Crippen molar-refractivity contribution in [1.82, 2.24) is 0 Å². The summed E-state index contributed by atoms with van der Waals surface area (Å²) < 4.78 is 0.974. The Labute approximate surface area is 101 Å². The molecule has 15 heavy (non-hydrogen) atoms. The zero-order valence-corrected chi connectivity index (χ0v) is 10.4. The molecular formula is C11H11BrO2S. The third-order valence-electron chi connectivity index (χ3n) is 2.38. The van der Waals surface area contributed by atoms with E-state index in [1.165, 1.54) is 11.8 Å². The summed E-state index contributed by atoms with van der Waals surface area (Å²) in [7, 11) is 0. The van der Waals surface area contributed by atoms with Gasteiger partial charge in [0.2, 0.25) is 0 Å². The molecule has 1 aromatic carbocycles. The van der Waals surface area contributed by atoms with Crippen LogP contribution in [0, 0.1) is 5.92 Å². The van der Waals surface area contributed by atoms with Crippen molar-refractivity contribution < 1.29 is 9.90 Å². The fourth-order valence-corrected chi connectivity index (χ4v) is 3.17. The number of aliphatic carboxylic acids is 1. The number of thioether (sulfide) groups is 1. The number of carbonyl (C=O) groups is 1. The molecule has 0 aromatic heterocycles. The number of carboxylic acid groups (broad SMARTS) is 1. The molecule has 0 aliphatic heterocycles. The maximum Gasteiger partial charge on any atom is 0.317 e. The maximum atomic E-state index is 11.1. The monoisotopic (exact) mass is 286 g/mol. The number of hydrogen-bond donors (Lipinski definition) is 1. The Hall–Kier alpha value is -0.480. The Balaban J connectivity index is 2.12. The van der Waals surface area contributed by atoms with E-state index in [4.69, 9.17) is 5.11 Å². The molecule has 0 amide bonds. The topological polar surface area (TPSA) is 37.3 Å². The smallest absolute Gasteiger partial charge is 0.317 e. The molecule has 1 aromatic rings. The first-order valence-corrected chi connectivity index (χ1v) is 6.50. The van der Waals surface area contributed by atoms with Crippen molar-refractivity contribution in [2.24, 2.45) is 5.92 Å². The molecule has 80 valence electrons. The van der Waals surface area contributed by atoms with Crippen LogP contribution in [0.4, 0.5) is 0 Å². The van der Waals surface area contributed by atoms with Gasteiger partial charge in [0, 0.05) is 9.37 Å². The number of rotatable bonds is 4. The van der Waals surface area contributed by atoms with Crippen LogP contribution in [0.15, 0.2) is 33.6 Å². The van der Waals surface area contributed by atoms with Crippen molar-refractivity contribution in [2.45, 2.75) is 23.0 Å². The Kier molecular flexibility index (Phi) is 3.36. The Morgan fingerprint density at radius 2 is 2.13 bits per heavy atom. The highest BCUT2D eigenvalue weighted by molar-refractivity contribution is 9.10. The van der Waals surface area contributed by atoms with Crippen LogP contribution < -0.4 is 0 Å². The van der Waals surface area contributed by atoms with Gasteiger partial charge in [-0.3, -0.25) is 4.79 Å². The largest absolute Gasteiger partial charge is 0.480 e. The van der Waals surface area contributed by atoms with E-state index in [1.54, 1.807) is 0 Å². The van der Waals surface area contributed by atoms with Crippen LogP contribution in [0.3, 0.4) is 0 Å². The van der Waals surface area contributed by atoms with Gasteiger partial charge in [-0.25, -0.2) is 0 Å². The van der Waals surface area contributed by atoms with Crippen molar-refractivity contribution in [1.29, 1.82) is 0 Å². The molecule has 1 fully saturated rings. The van der Waals surface area contributed by atoms with Crippen LogP contribution >= 0.6 is 27.7 Å². The maximum absolute atomic E-state index is 11.1. The Morgan fingerprint density at radius 1 is 1.47 bits per heavy atom. The highest BCUT2D eigenvalue weighted by Gasteiger charge is 2.37. The van der Waals surface area contributed by atoms with Crippen LogP contribution in [0.25, 0.3) is 0 Å². The first-order chi connectivity index (χ1) is 7.18. The van der Waals surface area contributed by atoms with Crippen LogP contribution in [-0.2, 0) is 4.79 Å². The Bertz CT molecular complexity index is 377. The third-order valence-corrected chi connectivity index (χ3v) is 4.79. The molecule has 0 heterocycles. The molecule has 2 nitrogen and oxygen atoms in total. The first kappa shape index (κ1) is 11.0. The second kappa shape index (κ2) is 4.58. The normalized spacial score (nSPS) is 17.4. The van der Waals surface area contributed by atoms with Gasteiger partial charge < -0.3 is 5.11 Å². The van der Waals surface area contributed by atoms with Gasteiger partial charge in [0.1, 0.15) is 5.25 Å². The van der Waals surface area contributed by atoms with Gasteiger partial charge in [-0.2, -0.15) is 0 Å². The average Bonchev–Trinajstić information content (AvgIpc) is 2.99. The van der Waals surface area contributed by atoms with Gasteiger partial charge in [-0.1, -0.05) is 12.1 Å². The van der Waals surface area contributed by atoms with E-state index in [0.29, 0.717) is 5.92 Å². The standard InChI is InChI=1S/C11H11BrO2S/c12-8-3-1-2-4-9(8)15-10(11(13)14)7-5-6-7/h1-4,7,10H,5-6H2,(H,13,14). The van der Waals surface area contributed by atoms with E-state index >= 15 is 0 Å². The van der Waals surface area contributed by atoms with Crippen molar-refractivity contribution in [3.8, 4) is 0 Å². The minimum Gasteiger partial charge on any atom is -0.480 e. The highest BCUT2D eigenvalue weighted by atomic mass is 79.9. The number of halogens is 1. The zero-order valence-electron chi connectivity index (χ0n) is 8.02. The molecule has 1 aliphatic rings. The molecule has 1 N–H and O–H groups in total. The molecule has 1 unspecified atom stereocenters. The van der Waals surface area contributed by atoms with Gasteiger partial charge >= 0.3 is 5.97 Å². The lowest BCUT2D eigenvalue weighted by atomic mass is 10.3. The molecule has 0 bridgehead atoms. The molecule has 1 aliphatic carbocycles. The minimum absolute atomic E-state index is 0.288. The second-order valence-electron chi connectivity index (χ2n) is 3.64. The van der Waals surface area contributed by atoms with Gasteiger partial charge in [0.25, 0.3) is 0 Å². The summed E-state index contributed by atoms with van der Waals surface area (Å²) in [6.07, 6.45) is 2.10. The van der Waals surface area contributed by atoms with E-state index in [-0.39, 0.29) is 5.25 Å². The highest BCUT2D eigenvalue weighted by Crippen LogP contribution is 2.43. The van der Waals surface area contributed by atoms with E-state index in [1.807, 2.05) is 24.3 Å². The van der Waals surface area contributed by atoms with Gasteiger partial charge in [-0.15, -0.1) is 11.8 Å². The minimum atomic E-state index is -0.696. The predicted molar refractivity (Wildman–Crippen MR) is 64.1 cm³/mol. The average molecular weight is 287 g/mol. The third kappa shape index (κ3) is 2.75. The summed E-state index contributed by atoms with van der Waals surface area (Å²) in [6, 6.07) is 7.75. The summed E-state index contributed by atoms with van der Waals surface area (Å²) in [5, 5.41) is 8.81. The molecule has 4 heteroatoms. The number of benzene rings is 1. The predicted octanol–water partition coefficient (Wildman–Crippen LogP) is 3.40. The van der Waals surface area contributed by atoms with Crippen LogP contribution in [0.5, 0.6) is 0 Å². The van der Waals surface area contributed by atoms with Crippen molar-refractivity contribution in [2.75, 3.05) is 0 Å². The van der Waals surface area contributed by atoms with Crippen LogP contribution in [-0.4, -0.2) is 16.3 Å². The number of hydrogen-bond acceptors (Lipinski definition) is 2. The van der Waals surface area contributed by atoms with Crippen molar-refractivity contribution in [3.63, 3.8) is 0 Å². The molecule has 1 saturated carbocycles.